The van der Waals surface area contributed by atoms with E-state index in [0.29, 0.717) is 0 Å². The van der Waals surface area contributed by atoms with Crippen molar-refractivity contribution < 1.29 is 18.3 Å². The van der Waals surface area contributed by atoms with Gasteiger partial charge in [0.05, 0.1) is 0 Å². The Balaban J connectivity index is 2.07. The normalized spacial score (nSPS) is 17.4. The van der Waals surface area contributed by atoms with Crippen LogP contribution in [0.2, 0.25) is 0 Å². The van der Waals surface area contributed by atoms with Crippen molar-refractivity contribution in [2.45, 2.75) is 0 Å². The average molecular weight is 286 g/mol. The van der Waals surface area contributed by atoms with Crippen LogP contribution >= 0.6 is 0 Å². The fourth-order valence-electron chi connectivity index (χ4n) is 1.86. The summed E-state index contributed by atoms with van der Waals surface area (Å²) in [6, 6.07) is 2.89. The molecule has 104 valence electrons. The van der Waals surface area contributed by atoms with Gasteiger partial charge in [-0.1, -0.05) is 0 Å². The number of pyridine rings is 1. The highest BCUT2D eigenvalue weighted by Gasteiger charge is 2.28. The number of hydrogen-bond donors (Lipinski definition) is 2. The van der Waals surface area contributed by atoms with Crippen molar-refractivity contribution in [3.63, 3.8) is 0 Å². The van der Waals surface area contributed by atoms with E-state index in [1.807, 2.05) is 0 Å². The lowest BCUT2D eigenvalue weighted by Gasteiger charge is -2.32. The Hall–Kier alpha value is -1.71. The number of aromatic hydroxyl groups is 1. The fraction of sp³-hybridized carbons (Fsp3) is 0.400. The Morgan fingerprint density at radius 1 is 1.32 bits per heavy atom. The maximum atomic E-state index is 12.1. The van der Waals surface area contributed by atoms with Crippen molar-refractivity contribution in [1.82, 2.24) is 14.2 Å². The molecule has 1 aliphatic heterocycles. The minimum Gasteiger partial charge on any atom is -0.505 e. The molecule has 9 heteroatoms. The number of carbonyl (C=O) groups is 1. The number of aromatic nitrogens is 1. The van der Waals surface area contributed by atoms with Crippen LogP contribution in [0.15, 0.2) is 18.3 Å². The van der Waals surface area contributed by atoms with Crippen molar-refractivity contribution in [3.8, 4) is 5.75 Å². The minimum atomic E-state index is -3.72. The number of amides is 1. The van der Waals surface area contributed by atoms with Gasteiger partial charge < -0.3 is 10.0 Å². The average Bonchev–Trinajstić information content (AvgIpc) is 2.38. The number of nitrogens with zero attached hydrogens (tertiary/aromatic N) is 3. The van der Waals surface area contributed by atoms with Crippen molar-refractivity contribution in [3.05, 3.63) is 24.0 Å². The first-order chi connectivity index (χ1) is 8.89. The summed E-state index contributed by atoms with van der Waals surface area (Å²) in [5.74, 6) is -0.617. The molecule has 8 nitrogen and oxygen atoms in total. The zero-order valence-corrected chi connectivity index (χ0v) is 10.9. The van der Waals surface area contributed by atoms with Gasteiger partial charge in [0, 0.05) is 32.4 Å². The molecule has 0 atom stereocenters. The molecule has 1 saturated heterocycles. The molecule has 19 heavy (non-hydrogen) atoms. The SMILES string of the molecule is NS(=O)(=O)N1CCN(C(=O)c2ncccc2O)CC1. The molecule has 1 aromatic rings. The summed E-state index contributed by atoms with van der Waals surface area (Å²) in [7, 11) is -3.72. The smallest absolute Gasteiger partial charge is 0.277 e. The highest BCUT2D eigenvalue weighted by Crippen LogP contribution is 2.16. The van der Waals surface area contributed by atoms with Gasteiger partial charge in [0.25, 0.3) is 16.1 Å². The van der Waals surface area contributed by atoms with Gasteiger partial charge in [0.2, 0.25) is 0 Å². The van der Waals surface area contributed by atoms with Crippen LogP contribution in [-0.4, -0.2) is 59.8 Å². The second-order valence-electron chi connectivity index (χ2n) is 4.11. The molecule has 0 saturated carbocycles. The summed E-state index contributed by atoms with van der Waals surface area (Å²) < 4.78 is 23.4. The number of hydrogen-bond acceptors (Lipinski definition) is 5. The Morgan fingerprint density at radius 2 is 1.95 bits per heavy atom. The topological polar surface area (TPSA) is 117 Å². The molecule has 1 aliphatic rings. The van der Waals surface area contributed by atoms with Gasteiger partial charge in [-0.2, -0.15) is 12.7 Å². The zero-order chi connectivity index (χ0) is 14.0. The number of carbonyl (C=O) groups excluding carboxylic acids is 1. The lowest BCUT2D eigenvalue weighted by molar-refractivity contribution is 0.0688. The van der Waals surface area contributed by atoms with Gasteiger partial charge in [0.15, 0.2) is 5.69 Å². The third-order valence-electron chi connectivity index (χ3n) is 2.87. The summed E-state index contributed by atoms with van der Waals surface area (Å²) in [6.45, 7) is 0.701. The quantitative estimate of drug-likeness (QED) is 0.704. The largest absolute Gasteiger partial charge is 0.505 e. The molecule has 1 fully saturated rings. The lowest BCUT2D eigenvalue weighted by Crippen LogP contribution is -2.52. The van der Waals surface area contributed by atoms with E-state index in [9.17, 15) is 18.3 Å². The predicted molar refractivity (Wildman–Crippen MR) is 66.5 cm³/mol. The summed E-state index contributed by atoms with van der Waals surface area (Å²) in [6.07, 6.45) is 1.41. The molecule has 0 spiro atoms. The lowest BCUT2D eigenvalue weighted by atomic mass is 10.2. The maximum Gasteiger partial charge on any atom is 0.277 e. The van der Waals surface area contributed by atoms with E-state index in [4.69, 9.17) is 5.14 Å². The summed E-state index contributed by atoms with van der Waals surface area (Å²) in [4.78, 5) is 17.3. The molecule has 0 bridgehead atoms. The molecule has 0 unspecified atom stereocenters. The van der Waals surface area contributed by atoms with E-state index < -0.39 is 16.1 Å². The van der Waals surface area contributed by atoms with Crippen LogP contribution in [0, 0.1) is 0 Å². The second kappa shape index (κ2) is 5.11. The van der Waals surface area contributed by atoms with Crippen LogP contribution in [-0.2, 0) is 10.2 Å². The summed E-state index contributed by atoms with van der Waals surface area (Å²) in [5, 5.41) is 14.6. The molecular formula is C10H14N4O4S. The first kappa shape index (κ1) is 13.7. The van der Waals surface area contributed by atoms with Gasteiger partial charge in [-0.05, 0) is 12.1 Å². The van der Waals surface area contributed by atoms with Crippen molar-refractivity contribution in [2.24, 2.45) is 5.14 Å². The second-order valence-corrected chi connectivity index (χ2v) is 5.65. The Labute approximate surface area is 110 Å². The van der Waals surface area contributed by atoms with Crippen molar-refractivity contribution in [1.29, 1.82) is 0 Å². The molecule has 0 radical (unpaired) electrons. The third-order valence-corrected chi connectivity index (χ3v) is 3.96. The molecule has 2 heterocycles. The monoisotopic (exact) mass is 286 g/mol. The highest BCUT2D eigenvalue weighted by molar-refractivity contribution is 7.86. The van der Waals surface area contributed by atoms with Gasteiger partial charge in [-0.15, -0.1) is 0 Å². The minimum absolute atomic E-state index is 0.0356. The standard InChI is InChI=1S/C10H14N4O4S/c11-19(17,18)14-6-4-13(5-7-14)10(16)9-8(15)2-1-3-12-9/h1-3,15H,4-7H2,(H2,11,17,18). The number of nitrogens with two attached hydrogens (primary N) is 1. The van der Waals surface area contributed by atoms with Crippen molar-refractivity contribution in [2.75, 3.05) is 26.2 Å². The van der Waals surface area contributed by atoms with Crippen LogP contribution in [0.4, 0.5) is 0 Å². The zero-order valence-electron chi connectivity index (χ0n) is 10.1. The van der Waals surface area contributed by atoms with Gasteiger partial charge in [0.1, 0.15) is 5.75 Å². The molecule has 3 N–H and O–H groups in total. The van der Waals surface area contributed by atoms with Crippen LogP contribution < -0.4 is 5.14 Å². The third kappa shape index (κ3) is 3.00. The maximum absolute atomic E-state index is 12.1. The van der Waals surface area contributed by atoms with Gasteiger partial charge >= 0.3 is 0 Å². The fourth-order valence-corrected chi connectivity index (χ4v) is 2.53. The molecule has 1 amide bonds. The van der Waals surface area contributed by atoms with E-state index in [-0.39, 0.29) is 37.6 Å². The van der Waals surface area contributed by atoms with E-state index >= 15 is 0 Å². The summed E-state index contributed by atoms with van der Waals surface area (Å²) >= 11 is 0. The first-order valence-corrected chi connectivity index (χ1v) is 7.11. The Bertz CT molecular complexity index is 581. The van der Waals surface area contributed by atoms with Crippen LogP contribution in [0.25, 0.3) is 0 Å². The Morgan fingerprint density at radius 3 is 2.47 bits per heavy atom. The van der Waals surface area contributed by atoms with Gasteiger partial charge in [-0.25, -0.2) is 10.1 Å². The molecule has 0 aliphatic carbocycles. The number of piperazine rings is 1. The summed E-state index contributed by atoms with van der Waals surface area (Å²) in [5.41, 5.74) is -0.0356. The van der Waals surface area contributed by atoms with E-state index in [1.54, 1.807) is 0 Å². The van der Waals surface area contributed by atoms with Crippen LogP contribution in [0.1, 0.15) is 10.5 Å². The van der Waals surface area contributed by atoms with E-state index in [1.165, 1.54) is 23.2 Å². The number of rotatable bonds is 2. The van der Waals surface area contributed by atoms with Crippen molar-refractivity contribution >= 4 is 16.1 Å². The van der Waals surface area contributed by atoms with Crippen LogP contribution in [0.5, 0.6) is 5.75 Å². The van der Waals surface area contributed by atoms with Crippen LogP contribution in [0.3, 0.4) is 0 Å². The first-order valence-electron chi connectivity index (χ1n) is 5.61. The predicted octanol–water partition coefficient (Wildman–Crippen LogP) is -1.25. The van der Waals surface area contributed by atoms with E-state index in [0.717, 1.165) is 4.31 Å². The molecule has 0 aromatic carbocycles. The Kier molecular flexibility index (Phi) is 3.69. The highest BCUT2D eigenvalue weighted by atomic mass is 32.2. The molecule has 2 rings (SSSR count). The van der Waals surface area contributed by atoms with E-state index in [2.05, 4.69) is 4.98 Å². The molecule has 1 aromatic heterocycles. The molecular weight excluding hydrogens is 272 g/mol. The van der Waals surface area contributed by atoms with Gasteiger partial charge in [-0.3, -0.25) is 4.79 Å².